The van der Waals surface area contributed by atoms with Gasteiger partial charge in [0.25, 0.3) is 5.91 Å². The topological polar surface area (TPSA) is 78.5 Å². The molecule has 1 amide bonds. The van der Waals surface area contributed by atoms with Crippen LogP contribution in [0.25, 0.3) is 0 Å². The molecule has 2 aromatic carbocycles. The van der Waals surface area contributed by atoms with E-state index in [1.54, 1.807) is 25.1 Å². The lowest BCUT2D eigenvalue weighted by molar-refractivity contribution is 0.0950. The molecule has 0 aliphatic carbocycles. The first-order valence-electron chi connectivity index (χ1n) is 9.53. The van der Waals surface area contributed by atoms with Gasteiger partial charge in [-0.2, -0.15) is 0 Å². The summed E-state index contributed by atoms with van der Waals surface area (Å²) in [6.45, 7) is 4.36. The van der Waals surface area contributed by atoms with Gasteiger partial charge in [0.15, 0.2) is 0 Å². The largest absolute Gasteiger partial charge is 0.372 e. The van der Waals surface area contributed by atoms with Gasteiger partial charge in [0.1, 0.15) is 0 Å². The minimum atomic E-state index is -3.40. The first-order valence-corrected chi connectivity index (χ1v) is 11.4. The van der Waals surface area contributed by atoms with Crippen molar-refractivity contribution in [1.82, 2.24) is 5.32 Å². The number of carbonyl (C=O) groups is 1. The second kappa shape index (κ2) is 8.65. The van der Waals surface area contributed by atoms with Crippen LogP contribution < -0.4 is 14.9 Å². The van der Waals surface area contributed by atoms with Crippen LogP contribution in [0.1, 0.15) is 40.7 Å². The van der Waals surface area contributed by atoms with E-state index in [2.05, 4.69) is 27.1 Å². The summed E-state index contributed by atoms with van der Waals surface area (Å²) in [7, 11) is -3.40. The zero-order valence-corrected chi connectivity index (χ0v) is 17.2. The van der Waals surface area contributed by atoms with Gasteiger partial charge in [0.2, 0.25) is 10.0 Å². The number of nitrogens with zero attached hydrogens (tertiary/aromatic N) is 1. The molecule has 28 heavy (non-hydrogen) atoms. The predicted octanol–water partition coefficient (Wildman–Crippen LogP) is 3.29. The van der Waals surface area contributed by atoms with E-state index in [1.807, 2.05) is 12.1 Å². The molecule has 1 fully saturated rings. The lowest BCUT2D eigenvalue weighted by atomic mass is 10.1. The molecule has 0 radical (unpaired) electrons. The van der Waals surface area contributed by atoms with Crippen LogP contribution in [0.3, 0.4) is 0 Å². The highest BCUT2D eigenvalue weighted by atomic mass is 32.2. The standard InChI is InChI=1S/C21H27N3O3S/c1-16-19(7-6-8-20(16)23-28(2,26)27)21(25)22-15-17-9-11-18(12-10-17)24-13-4-3-5-14-24/h6-12,23H,3-5,13-15H2,1-2H3,(H,22,25). The zero-order chi connectivity index (χ0) is 20.1. The van der Waals surface area contributed by atoms with Crippen molar-refractivity contribution in [1.29, 1.82) is 0 Å². The summed E-state index contributed by atoms with van der Waals surface area (Å²) in [5.74, 6) is -0.227. The Kier molecular flexibility index (Phi) is 6.24. The average molecular weight is 402 g/mol. The number of amides is 1. The SMILES string of the molecule is Cc1c(NS(C)(=O)=O)cccc1C(=O)NCc1ccc(N2CCCCC2)cc1. The third-order valence-corrected chi connectivity index (χ3v) is 5.58. The molecular formula is C21H27N3O3S. The van der Waals surface area contributed by atoms with Crippen LogP contribution in [0.2, 0.25) is 0 Å². The molecule has 3 rings (SSSR count). The summed E-state index contributed by atoms with van der Waals surface area (Å²) in [6, 6.07) is 13.3. The Morgan fingerprint density at radius 2 is 1.71 bits per heavy atom. The number of sulfonamides is 1. The quantitative estimate of drug-likeness (QED) is 0.779. The molecule has 7 heteroatoms. The van der Waals surface area contributed by atoms with E-state index in [-0.39, 0.29) is 5.91 Å². The van der Waals surface area contributed by atoms with Crippen LogP contribution in [0.15, 0.2) is 42.5 Å². The smallest absolute Gasteiger partial charge is 0.251 e. The third-order valence-electron chi connectivity index (χ3n) is 4.98. The van der Waals surface area contributed by atoms with E-state index < -0.39 is 10.0 Å². The van der Waals surface area contributed by atoms with E-state index >= 15 is 0 Å². The summed E-state index contributed by atoms with van der Waals surface area (Å²) in [5.41, 5.74) is 3.73. The molecule has 0 unspecified atom stereocenters. The second-order valence-corrected chi connectivity index (χ2v) is 9.00. The molecule has 0 bridgehead atoms. The first-order chi connectivity index (χ1) is 13.3. The normalized spacial score (nSPS) is 14.6. The molecule has 0 spiro atoms. The van der Waals surface area contributed by atoms with Gasteiger partial charge < -0.3 is 10.2 Å². The number of anilines is 2. The van der Waals surface area contributed by atoms with E-state index in [0.29, 0.717) is 23.4 Å². The van der Waals surface area contributed by atoms with Crippen molar-refractivity contribution in [3.8, 4) is 0 Å². The molecule has 6 nitrogen and oxygen atoms in total. The number of rotatable bonds is 6. The zero-order valence-electron chi connectivity index (χ0n) is 16.4. The Labute approximate surface area is 167 Å². The molecular weight excluding hydrogens is 374 g/mol. The van der Waals surface area contributed by atoms with Gasteiger partial charge in [-0.3, -0.25) is 9.52 Å². The van der Waals surface area contributed by atoms with Gasteiger partial charge in [-0.05, 0) is 61.6 Å². The van der Waals surface area contributed by atoms with Crippen molar-refractivity contribution in [3.05, 3.63) is 59.2 Å². The van der Waals surface area contributed by atoms with Crippen LogP contribution in [-0.4, -0.2) is 33.7 Å². The van der Waals surface area contributed by atoms with Crippen LogP contribution in [0.5, 0.6) is 0 Å². The van der Waals surface area contributed by atoms with Gasteiger partial charge in [0, 0.05) is 30.9 Å². The van der Waals surface area contributed by atoms with Crippen molar-refractivity contribution < 1.29 is 13.2 Å². The summed E-state index contributed by atoms with van der Waals surface area (Å²) in [6.07, 6.45) is 4.88. The Morgan fingerprint density at radius 1 is 1.04 bits per heavy atom. The molecule has 1 heterocycles. The fourth-order valence-corrected chi connectivity index (χ4v) is 4.07. The van der Waals surface area contributed by atoms with Crippen molar-refractivity contribution in [2.75, 3.05) is 29.0 Å². The monoisotopic (exact) mass is 401 g/mol. The minimum Gasteiger partial charge on any atom is -0.372 e. The number of piperidine rings is 1. The Bertz CT molecular complexity index is 934. The lowest BCUT2D eigenvalue weighted by Gasteiger charge is -2.28. The van der Waals surface area contributed by atoms with Crippen LogP contribution in [0.4, 0.5) is 11.4 Å². The predicted molar refractivity (Wildman–Crippen MR) is 113 cm³/mol. The average Bonchev–Trinajstić information content (AvgIpc) is 2.68. The molecule has 0 atom stereocenters. The van der Waals surface area contributed by atoms with E-state index in [1.165, 1.54) is 24.9 Å². The van der Waals surface area contributed by atoms with Crippen molar-refractivity contribution >= 4 is 27.3 Å². The summed E-state index contributed by atoms with van der Waals surface area (Å²) >= 11 is 0. The van der Waals surface area contributed by atoms with Gasteiger partial charge in [0.05, 0.1) is 11.9 Å². The molecule has 1 aliphatic heterocycles. The Morgan fingerprint density at radius 3 is 2.36 bits per heavy atom. The molecule has 1 aliphatic rings. The molecule has 0 saturated carbocycles. The van der Waals surface area contributed by atoms with Crippen LogP contribution >= 0.6 is 0 Å². The highest BCUT2D eigenvalue weighted by Crippen LogP contribution is 2.21. The van der Waals surface area contributed by atoms with Crippen molar-refractivity contribution in [3.63, 3.8) is 0 Å². The minimum absolute atomic E-state index is 0.227. The van der Waals surface area contributed by atoms with Crippen molar-refractivity contribution in [2.45, 2.75) is 32.7 Å². The van der Waals surface area contributed by atoms with Crippen LogP contribution in [0, 0.1) is 6.92 Å². The van der Waals surface area contributed by atoms with E-state index in [0.717, 1.165) is 24.9 Å². The third kappa shape index (κ3) is 5.25. The van der Waals surface area contributed by atoms with E-state index in [9.17, 15) is 13.2 Å². The first kappa shape index (κ1) is 20.2. The maximum Gasteiger partial charge on any atom is 0.251 e. The molecule has 2 N–H and O–H groups in total. The highest BCUT2D eigenvalue weighted by Gasteiger charge is 2.14. The number of hydrogen-bond donors (Lipinski definition) is 2. The van der Waals surface area contributed by atoms with Gasteiger partial charge in [-0.1, -0.05) is 18.2 Å². The van der Waals surface area contributed by atoms with Gasteiger partial charge >= 0.3 is 0 Å². The molecule has 2 aromatic rings. The molecule has 150 valence electrons. The Hall–Kier alpha value is -2.54. The molecule has 1 saturated heterocycles. The maximum atomic E-state index is 12.6. The summed E-state index contributed by atoms with van der Waals surface area (Å²) in [5, 5.41) is 2.92. The van der Waals surface area contributed by atoms with E-state index in [4.69, 9.17) is 0 Å². The molecule has 0 aromatic heterocycles. The summed E-state index contributed by atoms with van der Waals surface area (Å²) in [4.78, 5) is 15.0. The van der Waals surface area contributed by atoms with Crippen LogP contribution in [-0.2, 0) is 16.6 Å². The number of carbonyl (C=O) groups excluding carboxylic acids is 1. The number of hydrogen-bond acceptors (Lipinski definition) is 4. The maximum absolute atomic E-state index is 12.6. The Balaban J connectivity index is 1.63. The number of nitrogens with one attached hydrogen (secondary N) is 2. The fraction of sp³-hybridized carbons (Fsp3) is 0.381. The highest BCUT2D eigenvalue weighted by molar-refractivity contribution is 7.92. The van der Waals surface area contributed by atoms with Crippen molar-refractivity contribution in [2.24, 2.45) is 0 Å². The van der Waals surface area contributed by atoms with Gasteiger partial charge in [-0.15, -0.1) is 0 Å². The van der Waals surface area contributed by atoms with Gasteiger partial charge in [-0.25, -0.2) is 8.42 Å². The fourth-order valence-electron chi connectivity index (χ4n) is 3.45. The summed E-state index contributed by atoms with van der Waals surface area (Å²) < 4.78 is 25.4. The lowest BCUT2D eigenvalue weighted by Crippen LogP contribution is -2.29. The second-order valence-electron chi connectivity index (χ2n) is 7.25. The number of benzene rings is 2.